The number of ether oxygens (including phenoxy) is 2. The van der Waals surface area contributed by atoms with Crippen molar-refractivity contribution in [3.05, 3.63) is 11.3 Å². The van der Waals surface area contributed by atoms with Gasteiger partial charge in [0.15, 0.2) is 6.61 Å². The fraction of sp³-hybridized carbons (Fsp3) is 0.812. The number of thioether (sulfide) groups is 1. The number of hydrogen-bond acceptors (Lipinski definition) is 5. The largest absolute Gasteiger partial charge is 0.468 e. The molecule has 2 aliphatic rings. The minimum atomic E-state index is -4.36. The molecule has 1 aromatic heterocycles. The van der Waals surface area contributed by atoms with E-state index in [9.17, 15) is 13.2 Å². The van der Waals surface area contributed by atoms with E-state index in [1.54, 1.807) is 14.0 Å². The van der Waals surface area contributed by atoms with Crippen LogP contribution in [-0.4, -0.2) is 52.3 Å². The molecule has 1 spiro atoms. The first-order valence-electron chi connectivity index (χ1n) is 8.45. The summed E-state index contributed by atoms with van der Waals surface area (Å²) in [6.07, 6.45) is -1.44. The molecule has 3 rings (SSSR count). The highest BCUT2D eigenvalue weighted by Crippen LogP contribution is 2.38. The maximum atomic E-state index is 12.5. The third-order valence-corrected chi connectivity index (χ3v) is 6.01. The highest BCUT2D eigenvalue weighted by molar-refractivity contribution is 7.99. The van der Waals surface area contributed by atoms with Gasteiger partial charge in [-0.15, -0.1) is 0 Å². The van der Waals surface area contributed by atoms with Crippen molar-refractivity contribution in [1.29, 1.82) is 0 Å². The zero-order chi connectivity index (χ0) is 18.1. The number of aromatic nitrogens is 2. The van der Waals surface area contributed by atoms with E-state index in [1.807, 2.05) is 11.8 Å². The van der Waals surface area contributed by atoms with Crippen molar-refractivity contribution in [2.24, 2.45) is 7.05 Å². The number of aryl methyl sites for hydroxylation is 2. The van der Waals surface area contributed by atoms with Crippen LogP contribution in [-0.2, 0) is 18.3 Å². The average Bonchev–Trinajstić information content (AvgIpc) is 3.07. The van der Waals surface area contributed by atoms with Crippen molar-refractivity contribution in [3.8, 4) is 5.88 Å². The Morgan fingerprint density at radius 2 is 2.28 bits per heavy atom. The van der Waals surface area contributed by atoms with E-state index < -0.39 is 12.8 Å². The molecule has 2 saturated heterocycles. The zero-order valence-corrected chi connectivity index (χ0v) is 15.3. The van der Waals surface area contributed by atoms with Crippen LogP contribution in [0, 0.1) is 6.92 Å². The van der Waals surface area contributed by atoms with Crippen molar-refractivity contribution in [1.82, 2.24) is 15.1 Å². The van der Waals surface area contributed by atoms with Crippen molar-refractivity contribution in [2.45, 2.75) is 50.6 Å². The van der Waals surface area contributed by atoms with E-state index in [2.05, 4.69) is 10.4 Å². The Morgan fingerprint density at radius 1 is 1.48 bits per heavy atom. The molecule has 0 aromatic carbocycles. The summed E-state index contributed by atoms with van der Waals surface area (Å²) >= 11 is 1.92. The van der Waals surface area contributed by atoms with Crippen molar-refractivity contribution in [2.75, 3.05) is 24.7 Å². The van der Waals surface area contributed by atoms with Crippen LogP contribution >= 0.6 is 11.8 Å². The molecular formula is C16H24F3N3O2S. The second kappa shape index (κ2) is 7.36. The predicted octanol–water partition coefficient (Wildman–Crippen LogP) is 2.81. The maximum Gasteiger partial charge on any atom is 0.422 e. The quantitative estimate of drug-likeness (QED) is 0.853. The van der Waals surface area contributed by atoms with Gasteiger partial charge in [0.25, 0.3) is 0 Å². The van der Waals surface area contributed by atoms with Gasteiger partial charge in [0.05, 0.1) is 16.9 Å². The van der Waals surface area contributed by atoms with E-state index in [1.165, 1.54) is 4.68 Å². The molecule has 1 N–H and O–H groups in total. The minimum absolute atomic E-state index is 0.0276. The molecule has 142 valence electrons. The third kappa shape index (κ3) is 4.62. The van der Waals surface area contributed by atoms with E-state index in [0.29, 0.717) is 23.8 Å². The summed E-state index contributed by atoms with van der Waals surface area (Å²) in [4.78, 5) is 0. The second-order valence-electron chi connectivity index (χ2n) is 6.80. The molecule has 1 aromatic rings. The maximum absolute atomic E-state index is 12.5. The summed E-state index contributed by atoms with van der Waals surface area (Å²) in [5.74, 6) is 2.33. The van der Waals surface area contributed by atoms with Crippen LogP contribution in [0.4, 0.5) is 13.2 Å². The molecule has 5 nitrogen and oxygen atoms in total. The van der Waals surface area contributed by atoms with Gasteiger partial charge >= 0.3 is 6.18 Å². The van der Waals surface area contributed by atoms with Gasteiger partial charge in [-0.2, -0.15) is 30.0 Å². The number of rotatable bonds is 5. The van der Waals surface area contributed by atoms with Gasteiger partial charge in [0.2, 0.25) is 5.88 Å². The number of nitrogens with zero attached hydrogens (tertiary/aromatic N) is 2. The second-order valence-corrected chi connectivity index (χ2v) is 7.91. The summed E-state index contributed by atoms with van der Waals surface area (Å²) in [6, 6.07) is 0.294. The van der Waals surface area contributed by atoms with E-state index in [4.69, 9.17) is 9.47 Å². The first-order valence-corrected chi connectivity index (χ1v) is 9.61. The van der Waals surface area contributed by atoms with E-state index in [-0.39, 0.29) is 11.5 Å². The summed E-state index contributed by atoms with van der Waals surface area (Å²) in [7, 11) is 1.60. The lowest BCUT2D eigenvalue weighted by molar-refractivity contribution is -0.154. The Hall–Kier alpha value is -0.930. The van der Waals surface area contributed by atoms with Gasteiger partial charge in [0, 0.05) is 32.0 Å². The molecule has 2 atom stereocenters. The highest BCUT2D eigenvalue weighted by atomic mass is 32.2. The van der Waals surface area contributed by atoms with Gasteiger partial charge < -0.3 is 14.8 Å². The third-order valence-electron chi connectivity index (χ3n) is 4.79. The smallest absolute Gasteiger partial charge is 0.422 e. The van der Waals surface area contributed by atoms with Crippen LogP contribution in [0.1, 0.15) is 30.5 Å². The van der Waals surface area contributed by atoms with Crippen molar-refractivity contribution < 1.29 is 22.6 Å². The number of halogens is 3. The van der Waals surface area contributed by atoms with Crippen LogP contribution in [0.3, 0.4) is 0 Å². The molecule has 3 heterocycles. The molecule has 0 bridgehead atoms. The zero-order valence-electron chi connectivity index (χ0n) is 14.5. The topological polar surface area (TPSA) is 48.3 Å². The van der Waals surface area contributed by atoms with Gasteiger partial charge in [-0.05, 0) is 31.9 Å². The fourth-order valence-electron chi connectivity index (χ4n) is 3.53. The van der Waals surface area contributed by atoms with Gasteiger partial charge in [0.1, 0.15) is 0 Å². The van der Waals surface area contributed by atoms with Gasteiger partial charge in [-0.3, -0.25) is 0 Å². The first-order chi connectivity index (χ1) is 11.8. The SMILES string of the molecule is Cc1nn(C)c(OCC(F)(F)F)c1CN[C@H]1CCO[C@@]2(CCSC2)C1. The van der Waals surface area contributed by atoms with Crippen LogP contribution in [0.25, 0.3) is 0 Å². The van der Waals surface area contributed by atoms with Crippen LogP contribution < -0.4 is 10.1 Å². The molecule has 9 heteroatoms. The highest BCUT2D eigenvalue weighted by Gasteiger charge is 2.40. The Kier molecular flexibility index (Phi) is 5.55. The monoisotopic (exact) mass is 379 g/mol. The molecule has 0 radical (unpaired) electrons. The lowest BCUT2D eigenvalue weighted by Gasteiger charge is -2.38. The lowest BCUT2D eigenvalue weighted by Crippen LogP contribution is -2.47. The van der Waals surface area contributed by atoms with Crippen molar-refractivity contribution >= 4 is 11.8 Å². The molecule has 2 fully saturated rings. The van der Waals surface area contributed by atoms with Crippen LogP contribution in [0.15, 0.2) is 0 Å². The molecule has 0 amide bonds. The predicted molar refractivity (Wildman–Crippen MR) is 90.0 cm³/mol. The molecule has 25 heavy (non-hydrogen) atoms. The molecule has 0 saturated carbocycles. The van der Waals surface area contributed by atoms with Gasteiger partial charge in [-0.1, -0.05) is 0 Å². The Labute approximate surface area is 149 Å². The number of alkyl halides is 3. The Balaban J connectivity index is 1.62. The lowest BCUT2D eigenvalue weighted by atomic mass is 9.90. The Bertz CT molecular complexity index is 600. The normalized spacial score (nSPS) is 27.2. The van der Waals surface area contributed by atoms with Crippen molar-refractivity contribution in [3.63, 3.8) is 0 Å². The molecule has 0 aliphatic carbocycles. The molecular weight excluding hydrogens is 355 g/mol. The van der Waals surface area contributed by atoms with E-state index in [0.717, 1.165) is 37.4 Å². The van der Waals surface area contributed by atoms with E-state index >= 15 is 0 Å². The molecule has 0 unspecified atom stereocenters. The molecule has 2 aliphatic heterocycles. The van der Waals surface area contributed by atoms with Crippen LogP contribution in [0.2, 0.25) is 0 Å². The summed E-state index contributed by atoms with van der Waals surface area (Å²) in [5.41, 5.74) is 1.35. The minimum Gasteiger partial charge on any atom is -0.468 e. The summed E-state index contributed by atoms with van der Waals surface area (Å²) in [6.45, 7) is 1.65. The first kappa shape index (κ1) is 18.8. The summed E-state index contributed by atoms with van der Waals surface area (Å²) in [5, 5.41) is 7.68. The standard InChI is InChI=1S/C16H24F3N3O2S/c1-11-13(14(22(2)21-11)23-9-16(17,18)19)8-20-12-3-5-24-15(7-12)4-6-25-10-15/h12,20H,3-10H2,1-2H3/t12-,15-/m0/s1. The number of hydrogen-bond donors (Lipinski definition) is 1. The van der Waals surface area contributed by atoms with Gasteiger partial charge in [-0.25, -0.2) is 4.68 Å². The average molecular weight is 379 g/mol. The summed E-state index contributed by atoms with van der Waals surface area (Å²) < 4.78 is 49.8. The Morgan fingerprint density at radius 3 is 2.96 bits per heavy atom. The van der Waals surface area contributed by atoms with Crippen LogP contribution in [0.5, 0.6) is 5.88 Å². The number of nitrogens with one attached hydrogen (secondary N) is 1. The fourth-order valence-corrected chi connectivity index (χ4v) is 4.91.